The van der Waals surface area contributed by atoms with Gasteiger partial charge in [-0.3, -0.25) is 0 Å². The second-order valence-corrected chi connectivity index (χ2v) is 5.26. The maximum absolute atomic E-state index is 6.02. The molecule has 0 saturated heterocycles. The second kappa shape index (κ2) is 8.57. The predicted octanol–water partition coefficient (Wildman–Crippen LogP) is 3.33. The number of nitrogens with two attached hydrogens (primary N) is 1. The molecule has 0 aromatic heterocycles. The van der Waals surface area contributed by atoms with E-state index in [4.69, 9.17) is 19.9 Å². The molecule has 1 atom stereocenters. The zero-order chi connectivity index (χ0) is 15.8. The van der Waals surface area contributed by atoms with Gasteiger partial charge in [0.15, 0.2) is 11.5 Å². The van der Waals surface area contributed by atoms with E-state index in [1.165, 1.54) is 0 Å². The maximum Gasteiger partial charge on any atom is 0.203 e. The Kier molecular flexibility index (Phi) is 7.09. The summed E-state index contributed by atoms with van der Waals surface area (Å²) >= 11 is 0. The molecule has 2 N–H and O–H groups in total. The van der Waals surface area contributed by atoms with Gasteiger partial charge in [0.25, 0.3) is 0 Å². The summed E-state index contributed by atoms with van der Waals surface area (Å²) in [4.78, 5) is 0. The van der Waals surface area contributed by atoms with Crippen LogP contribution in [0.1, 0.15) is 32.3 Å². The lowest BCUT2D eigenvalue weighted by molar-refractivity contribution is 0.277. The molecule has 0 fully saturated rings. The van der Waals surface area contributed by atoms with E-state index in [9.17, 15) is 0 Å². The van der Waals surface area contributed by atoms with Gasteiger partial charge in [-0.25, -0.2) is 0 Å². The highest BCUT2D eigenvalue weighted by molar-refractivity contribution is 5.54. The monoisotopic (exact) mass is 293 g/mol. The van der Waals surface area contributed by atoms with Crippen LogP contribution < -0.4 is 19.9 Å². The zero-order valence-electron chi connectivity index (χ0n) is 13.6. The molecular weight excluding hydrogens is 266 g/mol. The first-order chi connectivity index (χ1) is 10.0. The van der Waals surface area contributed by atoms with Crippen LogP contribution >= 0.6 is 0 Å². The molecule has 0 amide bonds. The van der Waals surface area contributed by atoms with E-state index in [0.29, 0.717) is 23.9 Å². The minimum absolute atomic E-state index is 0.134. The van der Waals surface area contributed by atoms with Crippen LogP contribution in [-0.2, 0) is 6.42 Å². The van der Waals surface area contributed by atoms with Crippen molar-refractivity contribution in [1.82, 2.24) is 0 Å². The lowest BCUT2D eigenvalue weighted by Crippen LogP contribution is -2.21. The Labute approximate surface area is 127 Å². The van der Waals surface area contributed by atoms with Crippen molar-refractivity contribution in [3.05, 3.63) is 29.8 Å². The Morgan fingerprint density at radius 1 is 1.24 bits per heavy atom. The van der Waals surface area contributed by atoms with Crippen LogP contribution in [0.25, 0.3) is 0 Å². The zero-order valence-corrected chi connectivity index (χ0v) is 13.6. The van der Waals surface area contributed by atoms with Gasteiger partial charge >= 0.3 is 0 Å². The Morgan fingerprint density at radius 3 is 2.24 bits per heavy atom. The fraction of sp³-hybridized carbons (Fsp3) is 0.529. The first-order valence-corrected chi connectivity index (χ1v) is 7.29. The van der Waals surface area contributed by atoms with Crippen molar-refractivity contribution in [2.45, 2.75) is 39.2 Å². The third-order valence-corrected chi connectivity index (χ3v) is 3.32. The van der Waals surface area contributed by atoms with Gasteiger partial charge < -0.3 is 19.9 Å². The van der Waals surface area contributed by atoms with Crippen LogP contribution in [0, 0.1) is 0 Å². The van der Waals surface area contributed by atoms with Crippen molar-refractivity contribution in [2.75, 3.05) is 20.8 Å². The van der Waals surface area contributed by atoms with Crippen molar-refractivity contribution in [2.24, 2.45) is 5.73 Å². The Hall–Kier alpha value is -1.68. The summed E-state index contributed by atoms with van der Waals surface area (Å²) in [5, 5.41) is 0. The fourth-order valence-electron chi connectivity index (χ4n) is 1.97. The van der Waals surface area contributed by atoms with Crippen LogP contribution in [0.4, 0.5) is 0 Å². The van der Waals surface area contributed by atoms with Crippen molar-refractivity contribution in [3.8, 4) is 17.2 Å². The molecule has 1 rings (SSSR count). The summed E-state index contributed by atoms with van der Waals surface area (Å²) < 4.78 is 16.7. The summed E-state index contributed by atoms with van der Waals surface area (Å²) in [5.74, 6) is 1.99. The number of ether oxygens (including phenoxy) is 3. The molecule has 0 spiro atoms. The van der Waals surface area contributed by atoms with Gasteiger partial charge in [0, 0.05) is 12.5 Å². The van der Waals surface area contributed by atoms with Crippen LogP contribution in [0.5, 0.6) is 17.2 Å². The van der Waals surface area contributed by atoms with Crippen molar-refractivity contribution in [1.29, 1.82) is 0 Å². The highest BCUT2D eigenvalue weighted by Gasteiger charge is 2.15. The third kappa shape index (κ3) is 5.31. The standard InChI is InChI=1S/C17H27NO3/c1-6-14(18)9-13-10-15(19-4)17(16(11-13)20-5)21-8-7-12(2)3/h10-11,14H,2,6-9,18H2,1,3-5H3. The molecule has 0 aliphatic rings. The minimum Gasteiger partial charge on any atom is -0.493 e. The number of hydrogen-bond donors (Lipinski definition) is 1. The molecular formula is C17H27NO3. The van der Waals surface area contributed by atoms with Crippen molar-refractivity contribution in [3.63, 3.8) is 0 Å². The molecule has 0 heterocycles. The lowest BCUT2D eigenvalue weighted by atomic mass is 10.0. The van der Waals surface area contributed by atoms with E-state index in [2.05, 4.69) is 13.5 Å². The largest absolute Gasteiger partial charge is 0.493 e. The molecule has 4 nitrogen and oxygen atoms in total. The number of hydrogen-bond acceptors (Lipinski definition) is 4. The molecule has 0 radical (unpaired) electrons. The minimum atomic E-state index is 0.134. The smallest absolute Gasteiger partial charge is 0.203 e. The van der Waals surface area contributed by atoms with E-state index in [1.54, 1.807) is 14.2 Å². The fourth-order valence-corrected chi connectivity index (χ4v) is 1.97. The summed E-state index contributed by atoms with van der Waals surface area (Å²) in [5.41, 5.74) is 8.19. The number of methoxy groups -OCH3 is 2. The summed E-state index contributed by atoms with van der Waals surface area (Å²) in [7, 11) is 3.26. The van der Waals surface area contributed by atoms with Crippen LogP contribution in [0.2, 0.25) is 0 Å². The van der Waals surface area contributed by atoms with E-state index in [-0.39, 0.29) is 6.04 Å². The van der Waals surface area contributed by atoms with E-state index in [1.807, 2.05) is 19.1 Å². The molecule has 0 aliphatic carbocycles. The summed E-state index contributed by atoms with van der Waals surface area (Å²) in [6, 6.07) is 4.07. The predicted molar refractivity (Wildman–Crippen MR) is 86.4 cm³/mol. The van der Waals surface area contributed by atoms with Gasteiger partial charge in [-0.1, -0.05) is 12.5 Å². The molecule has 21 heavy (non-hydrogen) atoms. The molecule has 118 valence electrons. The first-order valence-electron chi connectivity index (χ1n) is 7.29. The van der Waals surface area contributed by atoms with Crippen LogP contribution in [0.3, 0.4) is 0 Å². The van der Waals surface area contributed by atoms with E-state index in [0.717, 1.165) is 30.4 Å². The summed E-state index contributed by atoms with van der Waals surface area (Å²) in [6.07, 6.45) is 2.52. The van der Waals surface area contributed by atoms with Gasteiger partial charge in [0.1, 0.15) is 0 Å². The molecule has 0 saturated carbocycles. The van der Waals surface area contributed by atoms with Gasteiger partial charge in [-0.2, -0.15) is 0 Å². The second-order valence-electron chi connectivity index (χ2n) is 5.26. The topological polar surface area (TPSA) is 53.7 Å². The number of rotatable bonds is 9. The van der Waals surface area contributed by atoms with E-state index < -0.39 is 0 Å². The lowest BCUT2D eigenvalue weighted by Gasteiger charge is -2.17. The van der Waals surface area contributed by atoms with Crippen molar-refractivity contribution >= 4 is 0 Å². The quantitative estimate of drug-likeness (QED) is 0.710. The van der Waals surface area contributed by atoms with Gasteiger partial charge in [0.05, 0.1) is 20.8 Å². The SMILES string of the molecule is C=C(C)CCOc1c(OC)cc(CC(N)CC)cc1OC. The van der Waals surface area contributed by atoms with Gasteiger partial charge in [-0.15, -0.1) is 6.58 Å². The molecule has 0 bridgehead atoms. The molecule has 0 aliphatic heterocycles. The average molecular weight is 293 g/mol. The Bertz CT molecular complexity index is 446. The Balaban J connectivity index is 2.97. The highest BCUT2D eigenvalue weighted by atomic mass is 16.5. The maximum atomic E-state index is 6.02. The number of benzene rings is 1. The third-order valence-electron chi connectivity index (χ3n) is 3.32. The molecule has 1 aromatic carbocycles. The Morgan fingerprint density at radius 2 is 1.81 bits per heavy atom. The van der Waals surface area contributed by atoms with Crippen molar-refractivity contribution < 1.29 is 14.2 Å². The summed E-state index contributed by atoms with van der Waals surface area (Å²) in [6.45, 7) is 8.48. The first kappa shape index (κ1) is 17.4. The van der Waals surface area contributed by atoms with Gasteiger partial charge in [-0.05, 0) is 37.5 Å². The molecule has 1 unspecified atom stereocenters. The van der Waals surface area contributed by atoms with Gasteiger partial charge in [0.2, 0.25) is 5.75 Å². The van der Waals surface area contributed by atoms with Crippen LogP contribution in [-0.4, -0.2) is 26.9 Å². The molecule has 1 aromatic rings. The normalized spacial score (nSPS) is 11.9. The van der Waals surface area contributed by atoms with Crippen LogP contribution in [0.15, 0.2) is 24.3 Å². The average Bonchev–Trinajstić information content (AvgIpc) is 2.47. The van der Waals surface area contributed by atoms with E-state index >= 15 is 0 Å². The molecule has 4 heteroatoms. The highest BCUT2D eigenvalue weighted by Crippen LogP contribution is 2.39.